The predicted octanol–water partition coefficient (Wildman–Crippen LogP) is 5.43. The van der Waals surface area contributed by atoms with E-state index in [1.54, 1.807) is 55.5 Å². The molecule has 0 saturated carbocycles. The predicted molar refractivity (Wildman–Crippen MR) is 115 cm³/mol. The number of nitriles is 1. The quantitative estimate of drug-likeness (QED) is 0.330. The average Bonchev–Trinajstić information content (AvgIpc) is 3.41. The van der Waals surface area contributed by atoms with Gasteiger partial charge in [-0.3, -0.25) is 0 Å². The smallest absolute Gasteiger partial charge is 0.379 e. The molecule has 1 unspecified atom stereocenters. The second kappa shape index (κ2) is 7.52. The fraction of sp³-hybridized carbons (Fsp3) is 0.0833. The summed E-state index contributed by atoms with van der Waals surface area (Å²) in [6.07, 6.45) is 1.52. The van der Waals surface area contributed by atoms with Gasteiger partial charge in [0.2, 0.25) is 11.6 Å². The molecule has 0 spiro atoms. The summed E-state index contributed by atoms with van der Waals surface area (Å²) in [5.74, 6) is 0.0189. The number of carbonyl (C=O) groups is 1. The number of ether oxygens (including phenoxy) is 2. The molecular formula is C24H15ClN2O5. The molecule has 5 rings (SSSR count). The number of fused-ring (bicyclic) bond motifs is 2. The van der Waals surface area contributed by atoms with Gasteiger partial charge >= 0.3 is 5.97 Å². The number of halogens is 1. The zero-order valence-electron chi connectivity index (χ0n) is 16.7. The van der Waals surface area contributed by atoms with Crippen LogP contribution in [-0.2, 0) is 0 Å². The number of benzene rings is 2. The van der Waals surface area contributed by atoms with Crippen molar-refractivity contribution in [1.29, 1.82) is 5.26 Å². The molecule has 3 heterocycles. The third-order valence-corrected chi connectivity index (χ3v) is 5.55. The monoisotopic (exact) mass is 446 g/mol. The van der Waals surface area contributed by atoms with Gasteiger partial charge in [-0.2, -0.15) is 5.26 Å². The van der Waals surface area contributed by atoms with Crippen molar-refractivity contribution in [2.75, 3.05) is 0 Å². The van der Waals surface area contributed by atoms with Crippen molar-refractivity contribution < 1.29 is 23.1 Å². The van der Waals surface area contributed by atoms with Crippen molar-refractivity contribution in [2.24, 2.45) is 5.73 Å². The van der Waals surface area contributed by atoms with Gasteiger partial charge in [-0.15, -0.1) is 0 Å². The number of allylic oxidation sites excluding steroid dienone is 1. The minimum absolute atomic E-state index is 0.0325. The molecule has 1 aliphatic rings. The van der Waals surface area contributed by atoms with Crippen LogP contribution in [0.4, 0.5) is 0 Å². The first kappa shape index (κ1) is 19.8. The Morgan fingerprint density at radius 1 is 1.22 bits per heavy atom. The van der Waals surface area contributed by atoms with Crippen molar-refractivity contribution in [3.05, 3.63) is 93.9 Å². The summed E-state index contributed by atoms with van der Waals surface area (Å²) in [5, 5.41) is 10.8. The molecular weight excluding hydrogens is 432 g/mol. The van der Waals surface area contributed by atoms with Gasteiger partial charge < -0.3 is 24.0 Å². The van der Waals surface area contributed by atoms with Gasteiger partial charge in [-0.05, 0) is 43.3 Å². The van der Waals surface area contributed by atoms with Crippen LogP contribution in [0.2, 0.25) is 5.02 Å². The van der Waals surface area contributed by atoms with Gasteiger partial charge in [0.1, 0.15) is 34.5 Å². The molecule has 0 bridgehead atoms. The van der Waals surface area contributed by atoms with Gasteiger partial charge in [-0.25, -0.2) is 4.79 Å². The normalized spacial score (nSPS) is 15.2. The van der Waals surface area contributed by atoms with Crippen molar-refractivity contribution in [3.8, 4) is 17.6 Å². The highest BCUT2D eigenvalue weighted by Crippen LogP contribution is 2.43. The fourth-order valence-corrected chi connectivity index (χ4v) is 3.96. The first-order valence-corrected chi connectivity index (χ1v) is 10.00. The van der Waals surface area contributed by atoms with Crippen LogP contribution in [0.15, 0.2) is 75.1 Å². The molecule has 2 aromatic carbocycles. The summed E-state index contributed by atoms with van der Waals surface area (Å²) in [7, 11) is 0. The summed E-state index contributed by atoms with van der Waals surface area (Å²) in [6.45, 7) is 1.76. The van der Waals surface area contributed by atoms with Crippen molar-refractivity contribution in [2.45, 2.75) is 12.8 Å². The van der Waals surface area contributed by atoms with Crippen LogP contribution in [0.5, 0.6) is 11.5 Å². The Kier molecular flexibility index (Phi) is 4.65. The van der Waals surface area contributed by atoms with Crippen molar-refractivity contribution in [1.82, 2.24) is 0 Å². The molecule has 0 saturated heterocycles. The van der Waals surface area contributed by atoms with E-state index in [0.717, 1.165) is 5.39 Å². The molecule has 0 radical (unpaired) electrons. The van der Waals surface area contributed by atoms with E-state index in [4.69, 9.17) is 35.6 Å². The Hall–Kier alpha value is -4.15. The van der Waals surface area contributed by atoms with Crippen LogP contribution in [0.25, 0.3) is 11.0 Å². The molecule has 8 heteroatoms. The highest BCUT2D eigenvalue weighted by molar-refractivity contribution is 6.31. The lowest BCUT2D eigenvalue weighted by Gasteiger charge is -2.25. The Morgan fingerprint density at radius 2 is 2.06 bits per heavy atom. The summed E-state index contributed by atoms with van der Waals surface area (Å²) in [6, 6.07) is 15.6. The zero-order valence-corrected chi connectivity index (χ0v) is 17.5. The van der Waals surface area contributed by atoms with E-state index in [9.17, 15) is 10.1 Å². The van der Waals surface area contributed by atoms with E-state index in [1.807, 2.05) is 0 Å². The summed E-state index contributed by atoms with van der Waals surface area (Å²) < 4.78 is 22.4. The third-order valence-electron chi connectivity index (χ3n) is 5.31. The molecule has 0 aliphatic carbocycles. The van der Waals surface area contributed by atoms with E-state index in [1.165, 1.54) is 6.26 Å². The van der Waals surface area contributed by atoms with Crippen LogP contribution in [0.1, 0.15) is 33.4 Å². The van der Waals surface area contributed by atoms with Gasteiger partial charge in [0.05, 0.1) is 12.2 Å². The number of rotatable bonds is 3. The Bertz CT molecular complexity index is 1440. The molecule has 158 valence electrons. The molecule has 7 nitrogen and oxygen atoms in total. The molecule has 1 aliphatic heterocycles. The topological polar surface area (TPSA) is 112 Å². The molecule has 2 N–H and O–H groups in total. The van der Waals surface area contributed by atoms with Gasteiger partial charge in [-0.1, -0.05) is 17.7 Å². The average molecular weight is 447 g/mol. The number of nitrogens with two attached hydrogens (primary N) is 1. The number of furan rings is 2. The van der Waals surface area contributed by atoms with E-state index < -0.39 is 11.9 Å². The number of aryl methyl sites for hydroxylation is 1. The van der Waals surface area contributed by atoms with Gasteiger partial charge in [0.15, 0.2) is 0 Å². The minimum atomic E-state index is -0.658. The molecule has 4 aromatic rings. The van der Waals surface area contributed by atoms with Crippen LogP contribution in [-0.4, -0.2) is 5.97 Å². The standard InChI is InChI=1S/C24H15ClN2O5/c1-12-16-9-13(25)4-7-18(16)31-22(12)24(28)30-14-5-6-15-20(10-14)32-23(27)17(11-26)21(15)19-3-2-8-29-19/h2-10,21H,27H2,1H3. The van der Waals surface area contributed by atoms with Gasteiger partial charge in [0.25, 0.3) is 0 Å². The zero-order chi connectivity index (χ0) is 22.4. The van der Waals surface area contributed by atoms with Crippen LogP contribution < -0.4 is 15.2 Å². The lowest BCUT2D eigenvalue weighted by Crippen LogP contribution is -2.21. The molecule has 0 amide bonds. The Balaban J connectivity index is 1.48. The number of hydrogen-bond donors (Lipinski definition) is 1. The number of nitrogens with zero attached hydrogens (tertiary/aromatic N) is 1. The highest BCUT2D eigenvalue weighted by Gasteiger charge is 2.33. The maximum Gasteiger partial charge on any atom is 0.379 e. The second-order valence-electron chi connectivity index (χ2n) is 7.23. The van der Waals surface area contributed by atoms with Crippen molar-refractivity contribution in [3.63, 3.8) is 0 Å². The minimum Gasteiger partial charge on any atom is -0.468 e. The first-order chi connectivity index (χ1) is 15.5. The van der Waals surface area contributed by atoms with E-state index in [0.29, 0.717) is 33.2 Å². The summed E-state index contributed by atoms with van der Waals surface area (Å²) in [4.78, 5) is 12.8. The molecule has 2 aromatic heterocycles. The lowest BCUT2D eigenvalue weighted by atomic mass is 9.87. The van der Waals surface area contributed by atoms with Crippen LogP contribution >= 0.6 is 11.6 Å². The Morgan fingerprint density at radius 3 is 2.81 bits per heavy atom. The van der Waals surface area contributed by atoms with Gasteiger partial charge in [0, 0.05) is 27.6 Å². The number of hydrogen-bond acceptors (Lipinski definition) is 7. The van der Waals surface area contributed by atoms with Crippen LogP contribution in [0.3, 0.4) is 0 Å². The molecule has 32 heavy (non-hydrogen) atoms. The summed E-state index contributed by atoms with van der Waals surface area (Å²) >= 11 is 6.05. The maximum atomic E-state index is 12.8. The third kappa shape index (κ3) is 3.18. The first-order valence-electron chi connectivity index (χ1n) is 9.62. The fourth-order valence-electron chi connectivity index (χ4n) is 3.79. The molecule has 0 fully saturated rings. The summed E-state index contributed by atoms with van der Waals surface area (Å²) in [5.41, 5.74) is 8.06. The molecule has 1 atom stereocenters. The number of carbonyl (C=O) groups excluding carboxylic acids is 1. The van der Waals surface area contributed by atoms with E-state index in [2.05, 4.69) is 6.07 Å². The van der Waals surface area contributed by atoms with E-state index in [-0.39, 0.29) is 23.0 Å². The SMILES string of the molecule is Cc1c(C(=O)Oc2ccc3c(c2)OC(N)=C(C#N)C3c2ccco2)oc2ccc(Cl)cc12. The maximum absolute atomic E-state index is 12.8. The second-order valence-corrected chi connectivity index (χ2v) is 7.66. The highest BCUT2D eigenvalue weighted by atomic mass is 35.5. The largest absolute Gasteiger partial charge is 0.468 e. The van der Waals surface area contributed by atoms with Crippen LogP contribution in [0, 0.1) is 18.3 Å². The lowest BCUT2D eigenvalue weighted by molar-refractivity contribution is 0.0702. The Labute approximate surface area is 187 Å². The van der Waals surface area contributed by atoms with E-state index >= 15 is 0 Å². The van der Waals surface area contributed by atoms with Crippen molar-refractivity contribution >= 4 is 28.5 Å². The number of esters is 1.